The van der Waals surface area contributed by atoms with Crippen LogP contribution < -0.4 is 10.2 Å². The average molecular weight is 363 g/mol. The summed E-state index contributed by atoms with van der Waals surface area (Å²) in [4.78, 5) is 10.2. The van der Waals surface area contributed by atoms with Crippen LogP contribution in [0.15, 0.2) is 54.7 Å². The van der Waals surface area contributed by atoms with Crippen LogP contribution in [-0.2, 0) is 0 Å². The standard InChI is InChI=1S/C21H22N4S/c1-13-7-9-16(10-8-13)25-20(17-12-14(2)23-15(17)3)19(24-21(25)26)18-6-4-5-11-22-18/h4-12,19-20,23H,1-3H3,(H,24,26)/t19-,20+/m1/s1. The van der Waals surface area contributed by atoms with Gasteiger partial charge in [-0.15, -0.1) is 0 Å². The topological polar surface area (TPSA) is 44.0 Å². The van der Waals surface area contributed by atoms with Gasteiger partial charge in [0.05, 0.1) is 17.8 Å². The van der Waals surface area contributed by atoms with Gasteiger partial charge in [0.2, 0.25) is 0 Å². The molecule has 3 aromatic rings. The maximum atomic E-state index is 5.74. The molecule has 1 aromatic carbocycles. The Kier molecular flexibility index (Phi) is 4.24. The molecule has 0 unspecified atom stereocenters. The van der Waals surface area contributed by atoms with Gasteiger partial charge in [-0.1, -0.05) is 23.8 Å². The average Bonchev–Trinajstić information content (AvgIpc) is 3.15. The van der Waals surface area contributed by atoms with Gasteiger partial charge >= 0.3 is 0 Å². The zero-order valence-corrected chi connectivity index (χ0v) is 16.0. The predicted molar refractivity (Wildman–Crippen MR) is 109 cm³/mol. The van der Waals surface area contributed by atoms with Crippen LogP contribution >= 0.6 is 12.2 Å². The highest BCUT2D eigenvalue weighted by molar-refractivity contribution is 7.80. The van der Waals surface area contributed by atoms with E-state index in [-0.39, 0.29) is 12.1 Å². The van der Waals surface area contributed by atoms with Gasteiger partial charge in [-0.3, -0.25) is 4.98 Å². The first-order valence-corrected chi connectivity index (χ1v) is 9.19. The van der Waals surface area contributed by atoms with Gasteiger partial charge in [-0.05, 0) is 68.9 Å². The van der Waals surface area contributed by atoms with Crippen LogP contribution in [0.4, 0.5) is 5.69 Å². The Balaban J connectivity index is 1.85. The molecular formula is C21H22N4S. The van der Waals surface area contributed by atoms with Crippen LogP contribution in [0, 0.1) is 20.8 Å². The van der Waals surface area contributed by atoms with E-state index in [9.17, 15) is 0 Å². The van der Waals surface area contributed by atoms with E-state index in [2.05, 4.69) is 77.4 Å². The molecule has 2 atom stereocenters. The predicted octanol–water partition coefficient (Wildman–Crippen LogP) is 4.51. The number of anilines is 1. The number of aromatic amines is 1. The third kappa shape index (κ3) is 2.88. The van der Waals surface area contributed by atoms with E-state index >= 15 is 0 Å². The summed E-state index contributed by atoms with van der Waals surface area (Å²) >= 11 is 5.74. The zero-order chi connectivity index (χ0) is 18.3. The fourth-order valence-corrected chi connectivity index (χ4v) is 4.05. The highest BCUT2D eigenvalue weighted by atomic mass is 32.1. The molecule has 2 N–H and O–H groups in total. The third-order valence-corrected chi connectivity index (χ3v) is 5.23. The molecule has 1 saturated heterocycles. The van der Waals surface area contributed by atoms with Crippen molar-refractivity contribution in [3.05, 3.63) is 82.9 Å². The van der Waals surface area contributed by atoms with E-state index in [4.69, 9.17) is 12.2 Å². The molecule has 0 radical (unpaired) electrons. The molecule has 0 spiro atoms. The fourth-order valence-electron chi connectivity index (χ4n) is 3.71. The zero-order valence-electron chi connectivity index (χ0n) is 15.2. The molecule has 0 bridgehead atoms. The largest absolute Gasteiger partial charge is 0.362 e. The van der Waals surface area contributed by atoms with E-state index in [0.29, 0.717) is 0 Å². The number of benzene rings is 1. The number of pyridine rings is 1. The Morgan fingerprint density at radius 1 is 1.04 bits per heavy atom. The highest BCUT2D eigenvalue weighted by Gasteiger charge is 2.41. The van der Waals surface area contributed by atoms with Crippen molar-refractivity contribution in [1.82, 2.24) is 15.3 Å². The maximum absolute atomic E-state index is 5.74. The molecule has 0 amide bonds. The van der Waals surface area contributed by atoms with Gasteiger partial charge in [-0.25, -0.2) is 0 Å². The van der Waals surface area contributed by atoms with Crippen molar-refractivity contribution in [3.63, 3.8) is 0 Å². The number of nitrogens with one attached hydrogen (secondary N) is 2. The maximum Gasteiger partial charge on any atom is 0.174 e. The molecule has 4 rings (SSSR count). The monoisotopic (exact) mass is 362 g/mol. The van der Waals surface area contributed by atoms with Gasteiger partial charge in [0.25, 0.3) is 0 Å². The normalized spacial score (nSPS) is 19.7. The second kappa shape index (κ2) is 6.57. The molecule has 4 nitrogen and oxygen atoms in total. The molecule has 5 heteroatoms. The van der Waals surface area contributed by atoms with E-state index in [1.807, 2.05) is 18.3 Å². The molecule has 26 heavy (non-hydrogen) atoms. The second-order valence-electron chi connectivity index (χ2n) is 6.86. The summed E-state index contributed by atoms with van der Waals surface area (Å²) in [6.45, 7) is 6.30. The second-order valence-corrected chi connectivity index (χ2v) is 7.25. The lowest BCUT2D eigenvalue weighted by Crippen LogP contribution is -2.29. The van der Waals surface area contributed by atoms with Crippen molar-refractivity contribution in [2.24, 2.45) is 0 Å². The number of aryl methyl sites for hydroxylation is 3. The lowest BCUT2D eigenvalue weighted by Gasteiger charge is -2.28. The van der Waals surface area contributed by atoms with Crippen molar-refractivity contribution in [2.75, 3.05) is 4.90 Å². The first-order chi connectivity index (χ1) is 12.5. The number of hydrogen-bond donors (Lipinski definition) is 2. The van der Waals surface area contributed by atoms with Crippen LogP contribution in [0.2, 0.25) is 0 Å². The summed E-state index contributed by atoms with van der Waals surface area (Å²) in [6.07, 6.45) is 1.83. The lowest BCUT2D eigenvalue weighted by atomic mass is 9.96. The van der Waals surface area contributed by atoms with Crippen LogP contribution in [-0.4, -0.2) is 15.1 Å². The van der Waals surface area contributed by atoms with Gasteiger partial charge in [-0.2, -0.15) is 0 Å². The van der Waals surface area contributed by atoms with Crippen LogP contribution in [0.5, 0.6) is 0 Å². The van der Waals surface area contributed by atoms with Crippen molar-refractivity contribution in [3.8, 4) is 0 Å². The minimum Gasteiger partial charge on any atom is -0.362 e. The summed E-state index contributed by atoms with van der Waals surface area (Å²) in [5.74, 6) is 0. The van der Waals surface area contributed by atoms with Gasteiger partial charge in [0, 0.05) is 23.3 Å². The van der Waals surface area contributed by atoms with E-state index < -0.39 is 0 Å². The Hall–Kier alpha value is -2.66. The molecule has 1 fully saturated rings. The third-order valence-electron chi connectivity index (χ3n) is 4.92. The number of H-pyrrole nitrogens is 1. The molecule has 3 heterocycles. The minimum atomic E-state index is -0.00102. The van der Waals surface area contributed by atoms with Gasteiger partial charge in [0.1, 0.15) is 0 Å². The number of aromatic nitrogens is 2. The van der Waals surface area contributed by atoms with Crippen LogP contribution in [0.1, 0.15) is 40.3 Å². The van der Waals surface area contributed by atoms with Crippen molar-refractivity contribution in [2.45, 2.75) is 32.9 Å². The summed E-state index contributed by atoms with van der Waals surface area (Å²) in [6, 6.07) is 16.8. The van der Waals surface area contributed by atoms with Gasteiger partial charge < -0.3 is 15.2 Å². The Labute approximate surface area is 159 Å². The quantitative estimate of drug-likeness (QED) is 0.673. The van der Waals surface area contributed by atoms with E-state index in [1.165, 1.54) is 11.1 Å². The molecule has 0 saturated carbocycles. The number of thiocarbonyl (C=S) groups is 1. The Morgan fingerprint density at radius 2 is 1.81 bits per heavy atom. The first-order valence-electron chi connectivity index (χ1n) is 8.78. The van der Waals surface area contributed by atoms with Crippen molar-refractivity contribution in [1.29, 1.82) is 0 Å². The summed E-state index contributed by atoms with van der Waals surface area (Å²) in [5.41, 5.74) is 6.88. The smallest absolute Gasteiger partial charge is 0.174 e. The number of hydrogen-bond acceptors (Lipinski definition) is 2. The first kappa shape index (κ1) is 16.8. The molecule has 2 aromatic heterocycles. The van der Waals surface area contributed by atoms with Crippen molar-refractivity contribution < 1.29 is 0 Å². The summed E-state index contributed by atoms with van der Waals surface area (Å²) in [5, 5.41) is 4.23. The molecule has 132 valence electrons. The minimum absolute atomic E-state index is 0.00102. The SMILES string of the molecule is Cc1ccc(N2C(=S)N[C@H](c3ccccn3)[C@@H]2c2cc(C)[nH]c2C)cc1. The van der Waals surface area contributed by atoms with E-state index in [1.54, 1.807) is 0 Å². The molecule has 0 aliphatic carbocycles. The van der Waals surface area contributed by atoms with Crippen molar-refractivity contribution >= 4 is 23.0 Å². The lowest BCUT2D eigenvalue weighted by molar-refractivity contribution is 0.566. The molecule has 1 aliphatic rings. The van der Waals surface area contributed by atoms with Crippen LogP contribution in [0.3, 0.4) is 0 Å². The summed E-state index contributed by atoms with van der Waals surface area (Å²) in [7, 11) is 0. The molecular weight excluding hydrogens is 340 g/mol. The Morgan fingerprint density at radius 3 is 2.42 bits per heavy atom. The number of nitrogens with zero attached hydrogens (tertiary/aromatic N) is 2. The van der Waals surface area contributed by atoms with Crippen LogP contribution in [0.25, 0.3) is 0 Å². The fraction of sp³-hybridized carbons (Fsp3) is 0.238. The Bertz CT molecular complexity index is 930. The van der Waals surface area contributed by atoms with Gasteiger partial charge in [0.15, 0.2) is 5.11 Å². The number of rotatable bonds is 3. The highest BCUT2D eigenvalue weighted by Crippen LogP contribution is 2.42. The van der Waals surface area contributed by atoms with E-state index in [0.717, 1.165) is 27.9 Å². The molecule has 1 aliphatic heterocycles. The summed E-state index contributed by atoms with van der Waals surface area (Å²) < 4.78 is 0.